The zero-order valence-corrected chi connectivity index (χ0v) is 30.8. The molecule has 1 aliphatic carbocycles. The lowest BCUT2D eigenvalue weighted by Crippen LogP contribution is -2.35. The van der Waals surface area contributed by atoms with Gasteiger partial charge in [-0.05, 0) is 106 Å². The average molecular weight is 775 g/mol. The normalized spacial score (nSPS) is 18.9. The molecule has 4 rings (SSSR count). The molecule has 0 aliphatic heterocycles. The predicted octanol–water partition coefficient (Wildman–Crippen LogP) is 12.9. The van der Waals surface area contributed by atoms with Gasteiger partial charge in [-0.1, -0.05) is 87.1 Å². The number of hydrogen-bond donors (Lipinski definition) is 0. The lowest BCUT2D eigenvalue weighted by Gasteiger charge is -2.48. The Morgan fingerprint density at radius 1 is 0.549 bits per heavy atom. The second-order valence-corrected chi connectivity index (χ2v) is 21.5. The van der Waals surface area contributed by atoms with E-state index in [1.54, 1.807) is 12.1 Å². The third-order valence-electron chi connectivity index (χ3n) is 9.28. The first kappa shape index (κ1) is 41.4. The minimum atomic E-state index is -5.30. The van der Waals surface area contributed by atoms with E-state index in [-0.39, 0.29) is 45.2 Å². The van der Waals surface area contributed by atoms with Crippen LogP contribution in [0.15, 0.2) is 60.7 Å². The predicted molar refractivity (Wildman–Crippen MR) is 181 cm³/mol. The van der Waals surface area contributed by atoms with Crippen molar-refractivity contribution in [2.45, 2.75) is 114 Å². The highest BCUT2D eigenvalue weighted by molar-refractivity contribution is 7.80. The molecule has 1 aliphatic rings. The van der Waals surface area contributed by atoms with Gasteiger partial charge in [0.2, 0.25) is 0 Å². The summed E-state index contributed by atoms with van der Waals surface area (Å²) in [6.45, 7) is 15.0. The van der Waals surface area contributed by atoms with Crippen LogP contribution in [0.1, 0.15) is 101 Å². The molecule has 0 nitrogen and oxygen atoms in total. The van der Waals surface area contributed by atoms with Gasteiger partial charge in [0.1, 0.15) is 0 Å². The molecule has 0 aromatic heterocycles. The lowest BCUT2D eigenvalue weighted by molar-refractivity contribution is -0.144. The summed E-state index contributed by atoms with van der Waals surface area (Å²) in [6.07, 6.45) is -19.1. The molecule has 0 spiro atoms. The molecule has 0 bridgehead atoms. The smallest absolute Gasteiger partial charge is 0.166 e. The van der Waals surface area contributed by atoms with Gasteiger partial charge in [0.25, 0.3) is 0 Å². The molecule has 3 aromatic carbocycles. The quantitative estimate of drug-likeness (QED) is 0.173. The number of alkyl halides is 12. The van der Waals surface area contributed by atoms with Crippen molar-refractivity contribution >= 4 is 31.8 Å². The second kappa shape index (κ2) is 14.2. The van der Waals surface area contributed by atoms with Crippen LogP contribution in [0.25, 0.3) is 0 Å². The summed E-state index contributed by atoms with van der Waals surface area (Å²) in [6, 6.07) is 7.61. The van der Waals surface area contributed by atoms with E-state index in [2.05, 4.69) is 48.5 Å². The van der Waals surface area contributed by atoms with Gasteiger partial charge in [-0.2, -0.15) is 52.7 Å². The Morgan fingerprint density at radius 3 is 1.27 bits per heavy atom. The first-order chi connectivity index (χ1) is 23.0. The summed E-state index contributed by atoms with van der Waals surface area (Å²) < 4.78 is 169. The van der Waals surface area contributed by atoms with Crippen LogP contribution in [0.4, 0.5) is 52.7 Å². The largest absolute Gasteiger partial charge is 0.416 e. The highest BCUT2D eigenvalue weighted by Crippen LogP contribution is 2.66. The van der Waals surface area contributed by atoms with E-state index in [9.17, 15) is 52.7 Å². The monoisotopic (exact) mass is 774 g/mol. The van der Waals surface area contributed by atoms with Crippen molar-refractivity contribution in [1.29, 1.82) is 0 Å². The molecule has 1 fully saturated rings. The molecule has 0 heterocycles. The zero-order chi connectivity index (χ0) is 38.7. The van der Waals surface area contributed by atoms with Gasteiger partial charge >= 0.3 is 24.7 Å². The second-order valence-electron chi connectivity index (χ2n) is 15.1. The minimum absolute atomic E-state index is 0.00736. The molecule has 3 aromatic rings. The Bertz CT molecular complexity index is 1530. The molecule has 1 saturated carbocycles. The zero-order valence-electron chi connectivity index (χ0n) is 29.1. The summed E-state index contributed by atoms with van der Waals surface area (Å²) in [4.78, 5) is 0. The number of rotatable bonds is 6. The van der Waals surface area contributed by atoms with Crippen molar-refractivity contribution in [3.63, 3.8) is 0 Å². The maximum absolute atomic E-state index is 14.1. The fourth-order valence-electron chi connectivity index (χ4n) is 7.94. The third-order valence-corrected chi connectivity index (χ3v) is 15.8. The minimum Gasteiger partial charge on any atom is -0.166 e. The van der Waals surface area contributed by atoms with Crippen molar-refractivity contribution in [2.75, 3.05) is 0 Å². The van der Waals surface area contributed by atoms with Crippen molar-refractivity contribution < 1.29 is 52.7 Å². The van der Waals surface area contributed by atoms with Crippen LogP contribution in [0, 0.1) is 5.92 Å². The van der Waals surface area contributed by atoms with Crippen molar-refractivity contribution in [3.05, 3.63) is 88.5 Å². The van der Waals surface area contributed by atoms with Gasteiger partial charge in [0.15, 0.2) is 0 Å². The first-order valence-corrected chi connectivity index (χ1v) is 19.0. The van der Waals surface area contributed by atoms with Crippen LogP contribution in [0.2, 0.25) is 0 Å². The Hall–Kier alpha value is -2.32. The Labute approximate surface area is 292 Å². The van der Waals surface area contributed by atoms with Gasteiger partial charge in [-0.3, -0.25) is 0 Å². The molecule has 14 heteroatoms. The van der Waals surface area contributed by atoms with E-state index in [0.29, 0.717) is 36.2 Å². The molecular formula is C37H40F12P2. The van der Waals surface area contributed by atoms with Crippen LogP contribution in [0.3, 0.4) is 0 Å². The molecule has 0 amide bonds. The molecule has 51 heavy (non-hydrogen) atoms. The van der Waals surface area contributed by atoms with Crippen LogP contribution in [-0.4, -0.2) is 16.0 Å². The summed E-state index contributed by atoms with van der Waals surface area (Å²) in [5.74, 6) is -0.302. The van der Waals surface area contributed by atoms with Gasteiger partial charge in [-0.15, -0.1) is 0 Å². The SMILES string of the molecule is C[C@H](C1CCCC1c1ccccc1P(c1cc(C(F)(F)F)cc(C(F)(F)F)c1)c1cc(C(F)(F)F)cc(C(F)(F)F)c1)P(C(C)(C)C)C(C)(C)C. The molecule has 3 atom stereocenters. The molecule has 282 valence electrons. The van der Waals surface area contributed by atoms with Crippen molar-refractivity contribution in [3.8, 4) is 0 Å². The van der Waals surface area contributed by atoms with E-state index >= 15 is 0 Å². The molecule has 0 saturated heterocycles. The van der Waals surface area contributed by atoms with E-state index in [1.165, 1.54) is 12.1 Å². The highest BCUT2D eigenvalue weighted by Gasteiger charge is 2.46. The number of hydrogen-bond acceptors (Lipinski definition) is 0. The van der Waals surface area contributed by atoms with Gasteiger partial charge in [0.05, 0.1) is 22.3 Å². The number of benzene rings is 3. The summed E-state index contributed by atoms with van der Waals surface area (Å²) >= 11 is 0. The van der Waals surface area contributed by atoms with Crippen molar-refractivity contribution in [1.82, 2.24) is 0 Å². The van der Waals surface area contributed by atoms with Gasteiger partial charge in [0, 0.05) is 0 Å². The Balaban J connectivity index is 2.09. The summed E-state index contributed by atoms with van der Waals surface area (Å²) in [5.41, 5.74) is -6.24. The standard InChI is InChI=1S/C37H40F12P2/c1-21(51(32(2,3)4)33(5,6)7)28-12-10-13-29(28)30-11-8-9-14-31(30)50(26-17-22(34(38,39)40)15-23(18-26)35(41,42)43)27-19-24(36(44,45)46)16-25(20-27)37(47,48)49/h8-9,11,14-21,28-29H,10,12-13H2,1-7H3/t21-,28?,29?/m1/s1. The maximum Gasteiger partial charge on any atom is 0.416 e. The molecule has 0 radical (unpaired) electrons. The highest BCUT2D eigenvalue weighted by atomic mass is 31.1. The fourth-order valence-corrected chi connectivity index (χ4v) is 15.8. The molecule has 0 N–H and O–H groups in total. The van der Waals surface area contributed by atoms with Gasteiger partial charge < -0.3 is 0 Å². The van der Waals surface area contributed by atoms with Crippen molar-refractivity contribution in [2.24, 2.45) is 5.92 Å². The fraction of sp³-hybridized carbons (Fsp3) is 0.514. The average Bonchev–Trinajstić information content (AvgIpc) is 3.44. The maximum atomic E-state index is 14.1. The topological polar surface area (TPSA) is 0 Å². The van der Waals surface area contributed by atoms with Crippen LogP contribution < -0.4 is 15.9 Å². The van der Waals surface area contributed by atoms with Crippen LogP contribution in [-0.2, 0) is 24.7 Å². The summed E-state index contributed by atoms with van der Waals surface area (Å²) in [5, 5.41) is -1.43. The van der Waals surface area contributed by atoms with Gasteiger partial charge in [-0.25, -0.2) is 0 Å². The van der Waals surface area contributed by atoms with E-state index < -0.39 is 73.4 Å². The summed E-state index contributed by atoms with van der Waals surface area (Å²) in [7, 11) is -3.54. The van der Waals surface area contributed by atoms with Crippen LogP contribution in [0.5, 0.6) is 0 Å². The van der Waals surface area contributed by atoms with Crippen LogP contribution >= 0.6 is 15.8 Å². The van der Waals surface area contributed by atoms with E-state index in [1.807, 2.05) is 0 Å². The number of halogens is 12. The molecule has 2 unspecified atom stereocenters. The Morgan fingerprint density at radius 2 is 0.922 bits per heavy atom. The molecular weight excluding hydrogens is 734 g/mol. The van der Waals surface area contributed by atoms with E-state index in [4.69, 9.17) is 0 Å². The third kappa shape index (κ3) is 9.44. The van der Waals surface area contributed by atoms with E-state index in [0.717, 1.165) is 12.8 Å². The lowest BCUT2D eigenvalue weighted by atomic mass is 9.87. The Kier molecular flexibility index (Phi) is 11.5. The first-order valence-electron chi connectivity index (χ1n) is 16.3.